The summed E-state index contributed by atoms with van der Waals surface area (Å²) < 4.78 is 0. The Labute approximate surface area is 185 Å². The van der Waals surface area contributed by atoms with Gasteiger partial charge in [-0.2, -0.15) is 0 Å². The first-order valence-electron chi connectivity index (χ1n) is 10.4. The highest BCUT2D eigenvalue weighted by Gasteiger charge is 2.25. The van der Waals surface area contributed by atoms with E-state index in [9.17, 15) is 4.79 Å². The molecule has 4 heterocycles. The molecule has 1 atom stereocenters. The number of nitrogens with one attached hydrogen (secondary N) is 3. The highest BCUT2D eigenvalue weighted by Crippen LogP contribution is 2.44. The van der Waals surface area contributed by atoms with Crippen molar-refractivity contribution in [3.63, 3.8) is 0 Å². The van der Waals surface area contributed by atoms with E-state index in [0.29, 0.717) is 19.0 Å². The number of hydrogen-bond acceptors (Lipinski definition) is 7. The van der Waals surface area contributed by atoms with Gasteiger partial charge in [-0.05, 0) is 44.0 Å². The van der Waals surface area contributed by atoms with Gasteiger partial charge in [0.2, 0.25) is 5.91 Å². The molecule has 1 unspecified atom stereocenters. The van der Waals surface area contributed by atoms with Crippen LogP contribution in [0, 0.1) is 0 Å². The maximum atomic E-state index is 12.6. The summed E-state index contributed by atoms with van der Waals surface area (Å²) in [6, 6.07) is 4.37. The van der Waals surface area contributed by atoms with E-state index < -0.39 is 0 Å². The molecule has 3 N–H and O–H groups in total. The molecule has 1 aliphatic heterocycles. The topological polar surface area (TPSA) is 78.9 Å². The third-order valence-corrected chi connectivity index (χ3v) is 7.32. The van der Waals surface area contributed by atoms with Crippen molar-refractivity contribution in [1.29, 1.82) is 0 Å². The first-order valence-corrected chi connectivity index (χ1v) is 12.1. The fourth-order valence-corrected chi connectivity index (χ4v) is 5.66. The number of pyridine rings is 1. The molecule has 0 saturated heterocycles. The van der Waals surface area contributed by atoms with Gasteiger partial charge >= 0.3 is 0 Å². The first kappa shape index (κ1) is 21.1. The Morgan fingerprint density at radius 3 is 3.10 bits per heavy atom. The second kappa shape index (κ2) is 9.78. The molecule has 6 nitrogen and oxygen atoms in total. The van der Waals surface area contributed by atoms with Crippen LogP contribution in [0.2, 0.25) is 0 Å². The number of nitrogens with zero attached hydrogens (tertiary/aromatic N) is 2. The molecule has 0 saturated carbocycles. The molecule has 4 rings (SSSR count). The molecule has 1 aliphatic rings. The smallest absolute Gasteiger partial charge is 0.226 e. The second-order valence-electron chi connectivity index (χ2n) is 7.48. The zero-order chi connectivity index (χ0) is 20.9. The normalized spacial score (nSPS) is 14.3. The third-order valence-electron chi connectivity index (χ3n) is 5.31. The molecular formula is C22H27N5OS2. The maximum absolute atomic E-state index is 12.6. The number of carbonyl (C=O) groups is 1. The fraction of sp³-hybridized carbons (Fsp3) is 0.409. The summed E-state index contributed by atoms with van der Waals surface area (Å²) in [5.41, 5.74) is 4.35. The van der Waals surface area contributed by atoms with Gasteiger partial charge < -0.3 is 16.0 Å². The van der Waals surface area contributed by atoms with Crippen LogP contribution in [0.25, 0.3) is 21.8 Å². The zero-order valence-electron chi connectivity index (χ0n) is 17.3. The highest BCUT2D eigenvalue weighted by molar-refractivity contribution is 7.18. The average Bonchev–Trinajstić information content (AvgIpc) is 3.38. The van der Waals surface area contributed by atoms with E-state index in [-0.39, 0.29) is 5.91 Å². The number of aromatic nitrogens is 2. The minimum absolute atomic E-state index is 0.0441. The quantitative estimate of drug-likeness (QED) is 0.486. The van der Waals surface area contributed by atoms with Gasteiger partial charge in [-0.15, -0.1) is 22.7 Å². The van der Waals surface area contributed by atoms with Gasteiger partial charge in [0.05, 0.1) is 5.69 Å². The molecule has 0 bridgehead atoms. The van der Waals surface area contributed by atoms with E-state index in [1.54, 1.807) is 28.9 Å². The van der Waals surface area contributed by atoms with Gasteiger partial charge in [0, 0.05) is 59.3 Å². The van der Waals surface area contributed by atoms with Crippen molar-refractivity contribution in [3.8, 4) is 21.8 Å². The molecule has 30 heavy (non-hydrogen) atoms. The summed E-state index contributed by atoms with van der Waals surface area (Å²) in [5, 5.41) is 13.9. The van der Waals surface area contributed by atoms with E-state index in [4.69, 9.17) is 4.98 Å². The van der Waals surface area contributed by atoms with Gasteiger partial charge in [-0.3, -0.25) is 9.78 Å². The highest BCUT2D eigenvalue weighted by atomic mass is 32.1. The van der Waals surface area contributed by atoms with Crippen LogP contribution in [0.3, 0.4) is 0 Å². The molecule has 0 spiro atoms. The predicted molar refractivity (Wildman–Crippen MR) is 125 cm³/mol. The minimum atomic E-state index is 0.0441. The Morgan fingerprint density at radius 2 is 2.30 bits per heavy atom. The molecule has 158 valence electrons. The SMILES string of the molecule is CCC(C)NCCC(=O)Nc1sc2c(c1-c1nc(-c3cccnc3)cs1)CCNC2. The van der Waals surface area contributed by atoms with Gasteiger partial charge in [-0.1, -0.05) is 6.92 Å². The molecular weight excluding hydrogens is 414 g/mol. The average molecular weight is 442 g/mol. The number of carbonyl (C=O) groups excluding carboxylic acids is 1. The monoisotopic (exact) mass is 441 g/mol. The van der Waals surface area contributed by atoms with Crippen LogP contribution in [0.1, 0.15) is 37.1 Å². The number of amides is 1. The number of anilines is 1. The Kier molecular flexibility index (Phi) is 6.89. The molecule has 0 aliphatic carbocycles. The van der Waals surface area contributed by atoms with Crippen LogP contribution in [0.5, 0.6) is 0 Å². The summed E-state index contributed by atoms with van der Waals surface area (Å²) in [6.45, 7) is 6.76. The summed E-state index contributed by atoms with van der Waals surface area (Å²) in [5.74, 6) is 0.0441. The maximum Gasteiger partial charge on any atom is 0.226 e. The Hall–Kier alpha value is -2.13. The molecule has 0 radical (unpaired) electrons. The Balaban J connectivity index is 1.57. The van der Waals surface area contributed by atoms with E-state index in [1.165, 1.54) is 10.4 Å². The molecule has 0 fully saturated rings. The summed E-state index contributed by atoms with van der Waals surface area (Å²) in [7, 11) is 0. The van der Waals surface area contributed by atoms with Crippen LogP contribution in [-0.2, 0) is 17.8 Å². The number of rotatable bonds is 8. The largest absolute Gasteiger partial charge is 0.317 e. The lowest BCUT2D eigenvalue weighted by atomic mass is 10.0. The Morgan fingerprint density at radius 1 is 1.40 bits per heavy atom. The number of hydrogen-bond donors (Lipinski definition) is 3. The van der Waals surface area contributed by atoms with Crippen molar-refractivity contribution in [2.24, 2.45) is 0 Å². The van der Waals surface area contributed by atoms with Crippen molar-refractivity contribution < 1.29 is 4.79 Å². The van der Waals surface area contributed by atoms with Gasteiger partial charge in [0.15, 0.2) is 0 Å². The zero-order valence-corrected chi connectivity index (χ0v) is 19.0. The lowest BCUT2D eigenvalue weighted by Gasteiger charge is -2.13. The summed E-state index contributed by atoms with van der Waals surface area (Å²) in [6.07, 6.45) is 6.07. The lowest BCUT2D eigenvalue weighted by Crippen LogP contribution is -2.28. The summed E-state index contributed by atoms with van der Waals surface area (Å²) in [4.78, 5) is 23.0. The van der Waals surface area contributed by atoms with Crippen molar-refractivity contribution in [2.75, 3.05) is 18.4 Å². The lowest BCUT2D eigenvalue weighted by molar-refractivity contribution is -0.116. The standard InChI is InChI=1S/C22H27N5OS2/c1-3-14(2)25-10-7-19(28)27-22-20(16-6-9-24-12-18(16)30-22)21-26-17(13-29-21)15-5-4-8-23-11-15/h4-5,8,11,13-14,24-25H,3,6-7,9-10,12H2,1-2H3,(H,27,28). The Bertz CT molecular complexity index is 998. The molecule has 0 aromatic carbocycles. The molecule has 1 amide bonds. The predicted octanol–water partition coefficient (Wildman–Crippen LogP) is 4.30. The van der Waals surface area contributed by atoms with Crippen LogP contribution in [0.4, 0.5) is 5.00 Å². The van der Waals surface area contributed by atoms with E-state index in [2.05, 4.69) is 40.2 Å². The van der Waals surface area contributed by atoms with Crippen LogP contribution < -0.4 is 16.0 Å². The van der Waals surface area contributed by atoms with Crippen LogP contribution in [-0.4, -0.2) is 35.0 Å². The number of thiophene rings is 1. The van der Waals surface area contributed by atoms with Crippen LogP contribution in [0.15, 0.2) is 29.9 Å². The molecule has 3 aromatic rings. The summed E-state index contributed by atoms with van der Waals surface area (Å²) >= 11 is 3.30. The van der Waals surface area contributed by atoms with Crippen molar-refractivity contribution in [2.45, 2.75) is 45.7 Å². The van der Waals surface area contributed by atoms with E-state index in [0.717, 1.165) is 52.8 Å². The van der Waals surface area contributed by atoms with E-state index >= 15 is 0 Å². The van der Waals surface area contributed by atoms with Gasteiger partial charge in [-0.25, -0.2) is 4.98 Å². The number of fused-ring (bicyclic) bond motifs is 1. The molecule has 3 aromatic heterocycles. The fourth-order valence-electron chi connectivity index (χ4n) is 3.45. The number of thiazole rings is 1. The van der Waals surface area contributed by atoms with Crippen molar-refractivity contribution in [1.82, 2.24) is 20.6 Å². The first-order chi connectivity index (χ1) is 14.7. The van der Waals surface area contributed by atoms with Crippen molar-refractivity contribution >= 4 is 33.6 Å². The third kappa shape index (κ3) is 4.78. The van der Waals surface area contributed by atoms with Crippen molar-refractivity contribution in [3.05, 3.63) is 40.3 Å². The van der Waals surface area contributed by atoms with Gasteiger partial charge in [0.25, 0.3) is 0 Å². The molecule has 8 heteroatoms. The van der Waals surface area contributed by atoms with Crippen LogP contribution >= 0.6 is 22.7 Å². The van der Waals surface area contributed by atoms with Gasteiger partial charge in [0.1, 0.15) is 10.0 Å². The second-order valence-corrected chi connectivity index (χ2v) is 9.44. The van der Waals surface area contributed by atoms with E-state index in [1.807, 2.05) is 18.3 Å². The minimum Gasteiger partial charge on any atom is -0.317 e.